The Balaban J connectivity index is 1.78. The van der Waals surface area contributed by atoms with Crippen molar-refractivity contribution in [2.24, 2.45) is 0 Å². The first-order chi connectivity index (χ1) is 13.9. The number of anilines is 3. The first-order valence-electron chi connectivity index (χ1n) is 8.48. The van der Waals surface area contributed by atoms with E-state index in [1.54, 1.807) is 25.1 Å². The SMILES string of the molecule is CCOC(=O)c1cnc(Sc2ccc(N)c(C(=O)Nc3nc(C)cs3)c2)nc1N. The first kappa shape index (κ1) is 20.6. The van der Waals surface area contributed by atoms with Gasteiger partial charge in [-0.15, -0.1) is 11.3 Å². The van der Waals surface area contributed by atoms with Gasteiger partial charge in [0.15, 0.2) is 10.3 Å². The summed E-state index contributed by atoms with van der Waals surface area (Å²) in [5.41, 5.74) is 13.4. The lowest BCUT2D eigenvalue weighted by Gasteiger charge is -2.09. The van der Waals surface area contributed by atoms with E-state index in [0.29, 0.717) is 26.4 Å². The largest absolute Gasteiger partial charge is 0.462 e. The van der Waals surface area contributed by atoms with Crippen molar-refractivity contribution in [3.8, 4) is 0 Å². The number of aryl methyl sites for hydroxylation is 1. The molecule has 0 fully saturated rings. The van der Waals surface area contributed by atoms with E-state index in [2.05, 4.69) is 20.3 Å². The van der Waals surface area contributed by atoms with Gasteiger partial charge >= 0.3 is 5.97 Å². The summed E-state index contributed by atoms with van der Waals surface area (Å²) in [5.74, 6) is -0.920. The molecule has 3 aromatic rings. The highest BCUT2D eigenvalue weighted by molar-refractivity contribution is 7.99. The van der Waals surface area contributed by atoms with Crippen LogP contribution in [0.5, 0.6) is 0 Å². The second-order valence-electron chi connectivity index (χ2n) is 5.77. The molecule has 0 saturated heterocycles. The van der Waals surface area contributed by atoms with E-state index in [0.717, 1.165) is 5.69 Å². The summed E-state index contributed by atoms with van der Waals surface area (Å²) < 4.78 is 4.90. The van der Waals surface area contributed by atoms with Crippen LogP contribution in [-0.2, 0) is 4.74 Å². The molecule has 0 aliphatic heterocycles. The summed E-state index contributed by atoms with van der Waals surface area (Å²) in [5, 5.41) is 5.39. The van der Waals surface area contributed by atoms with Gasteiger partial charge in [0.2, 0.25) is 0 Å². The van der Waals surface area contributed by atoms with Gasteiger partial charge in [-0.1, -0.05) is 0 Å². The Hall–Kier alpha value is -3.18. The molecule has 29 heavy (non-hydrogen) atoms. The number of nitrogen functional groups attached to an aromatic ring is 2. The quantitative estimate of drug-likeness (QED) is 0.305. The van der Waals surface area contributed by atoms with Crippen LogP contribution in [-0.4, -0.2) is 33.4 Å². The van der Waals surface area contributed by atoms with Crippen molar-refractivity contribution in [2.45, 2.75) is 23.9 Å². The molecule has 150 valence electrons. The minimum atomic E-state index is -0.578. The number of ether oxygens (including phenoxy) is 1. The lowest BCUT2D eigenvalue weighted by atomic mass is 10.1. The second-order valence-corrected chi connectivity index (χ2v) is 7.67. The number of nitrogens with one attached hydrogen (secondary N) is 1. The molecule has 5 N–H and O–H groups in total. The van der Waals surface area contributed by atoms with Crippen molar-refractivity contribution in [3.05, 3.63) is 46.6 Å². The van der Waals surface area contributed by atoms with Crippen LogP contribution in [0.2, 0.25) is 0 Å². The minimum Gasteiger partial charge on any atom is -0.462 e. The number of amides is 1. The number of rotatable bonds is 6. The van der Waals surface area contributed by atoms with Crippen LogP contribution in [0.25, 0.3) is 0 Å². The van der Waals surface area contributed by atoms with Gasteiger partial charge in [0, 0.05) is 22.2 Å². The van der Waals surface area contributed by atoms with E-state index in [9.17, 15) is 9.59 Å². The Labute approximate surface area is 174 Å². The third-order valence-electron chi connectivity index (χ3n) is 3.61. The van der Waals surface area contributed by atoms with Crippen molar-refractivity contribution in [1.82, 2.24) is 15.0 Å². The minimum absolute atomic E-state index is 0.0218. The number of aromatic nitrogens is 3. The van der Waals surface area contributed by atoms with E-state index >= 15 is 0 Å². The van der Waals surface area contributed by atoms with Gasteiger partial charge in [0.05, 0.1) is 17.9 Å². The Morgan fingerprint density at radius 3 is 2.69 bits per heavy atom. The molecule has 0 saturated carbocycles. The number of hydrogen-bond donors (Lipinski definition) is 3. The summed E-state index contributed by atoms with van der Waals surface area (Å²) in [6.07, 6.45) is 1.32. The normalized spacial score (nSPS) is 10.6. The molecule has 0 spiro atoms. The summed E-state index contributed by atoms with van der Waals surface area (Å²) >= 11 is 2.52. The van der Waals surface area contributed by atoms with Crippen molar-refractivity contribution in [1.29, 1.82) is 0 Å². The molecule has 2 heterocycles. The standard InChI is InChI=1S/C18H18N6O3S2/c1-3-27-16(26)12-7-21-17(23-14(12)20)29-10-4-5-13(19)11(6-10)15(25)24-18-22-9(2)8-28-18/h4-8H,3,19H2,1-2H3,(H2,20,21,23)(H,22,24,25). The third kappa shape index (κ3) is 5.00. The number of carbonyl (C=O) groups excluding carboxylic acids is 2. The maximum absolute atomic E-state index is 12.5. The number of hydrogen-bond acceptors (Lipinski definition) is 10. The summed E-state index contributed by atoms with van der Waals surface area (Å²) in [4.78, 5) is 37.5. The number of nitrogens with zero attached hydrogens (tertiary/aromatic N) is 3. The van der Waals surface area contributed by atoms with Crippen LogP contribution in [0.1, 0.15) is 33.3 Å². The molecule has 0 bridgehead atoms. The van der Waals surface area contributed by atoms with Crippen LogP contribution >= 0.6 is 23.1 Å². The zero-order chi connectivity index (χ0) is 21.0. The molecule has 11 heteroatoms. The van der Waals surface area contributed by atoms with Gasteiger partial charge in [-0.2, -0.15) is 0 Å². The molecule has 3 rings (SSSR count). The van der Waals surface area contributed by atoms with Crippen LogP contribution in [0, 0.1) is 6.92 Å². The highest BCUT2D eigenvalue weighted by Gasteiger charge is 2.16. The van der Waals surface area contributed by atoms with E-state index in [1.807, 2.05) is 12.3 Å². The topological polar surface area (TPSA) is 146 Å². The maximum Gasteiger partial charge on any atom is 0.343 e. The zero-order valence-corrected chi connectivity index (χ0v) is 17.3. The Kier molecular flexibility index (Phi) is 6.29. The van der Waals surface area contributed by atoms with E-state index < -0.39 is 5.97 Å². The highest BCUT2D eigenvalue weighted by Crippen LogP contribution is 2.29. The molecule has 2 aromatic heterocycles. The summed E-state index contributed by atoms with van der Waals surface area (Å²) in [6.45, 7) is 3.77. The second kappa shape index (κ2) is 8.88. The van der Waals surface area contributed by atoms with Gasteiger partial charge in [0.1, 0.15) is 11.4 Å². The average Bonchev–Trinajstić information content (AvgIpc) is 3.08. The molecule has 1 aromatic carbocycles. The lowest BCUT2D eigenvalue weighted by Crippen LogP contribution is -2.14. The molecule has 0 atom stereocenters. The van der Waals surface area contributed by atoms with Crippen molar-refractivity contribution >= 4 is 51.6 Å². The Bertz CT molecular complexity index is 1070. The van der Waals surface area contributed by atoms with Crippen molar-refractivity contribution < 1.29 is 14.3 Å². The number of esters is 1. The molecular formula is C18H18N6O3S2. The molecular weight excluding hydrogens is 412 g/mol. The Morgan fingerprint density at radius 2 is 2.03 bits per heavy atom. The maximum atomic E-state index is 12.5. The van der Waals surface area contributed by atoms with Gasteiger partial charge in [-0.25, -0.2) is 19.7 Å². The number of carbonyl (C=O) groups is 2. The predicted molar refractivity (Wildman–Crippen MR) is 112 cm³/mol. The molecule has 9 nitrogen and oxygen atoms in total. The lowest BCUT2D eigenvalue weighted by molar-refractivity contribution is 0.0526. The van der Waals surface area contributed by atoms with Crippen molar-refractivity contribution in [3.63, 3.8) is 0 Å². The third-order valence-corrected chi connectivity index (χ3v) is 5.35. The van der Waals surface area contributed by atoms with Crippen molar-refractivity contribution in [2.75, 3.05) is 23.4 Å². The van der Waals surface area contributed by atoms with Crippen LogP contribution in [0.15, 0.2) is 39.8 Å². The van der Waals surface area contributed by atoms with Gasteiger partial charge in [-0.3, -0.25) is 10.1 Å². The Morgan fingerprint density at radius 1 is 1.24 bits per heavy atom. The van der Waals surface area contributed by atoms with Crippen LogP contribution < -0.4 is 16.8 Å². The van der Waals surface area contributed by atoms with Gasteiger partial charge in [-0.05, 0) is 43.8 Å². The zero-order valence-electron chi connectivity index (χ0n) is 15.6. The fourth-order valence-corrected chi connectivity index (χ4v) is 3.73. The summed E-state index contributed by atoms with van der Waals surface area (Å²) in [6, 6.07) is 5.00. The first-order valence-corrected chi connectivity index (χ1v) is 10.2. The van der Waals surface area contributed by atoms with Crippen LogP contribution in [0.4, 0.5) is 16.6 Å². The van der Waals surface area contributed by atoms with E-state index in [1.165, 1.54) is 29.3 Å². The molecule has 0 aliphatic rings. The molecule has 1 amide bonds. The monoisotopic (exact) mass is 430 g/mol. The van der Waals surface area contributed by atoms with E-state index in [4.69, 9.17) is 16.2 Å². The summed E-state index contributed by atoms with van der Waals surface area (Å²) in [7, 11) is 0. The highest BCUT2D eigenvalue weighted by atomic mass is 32.2. The molecule has 0 unspecified atom stereocenters. The van der Waals surface area contributed by atoms with Gasteiger partial charge in [0.25, 0.3) is 5.91 Å². The molecule has 0 aliphatic carbocycles. The number of thiazole rings is 1. The fraction of sp³-hybridized carbons (Fsp3) is 0.167. The fourth-order valence-electron chi connectivity index (χ4n) is 2.27. The average molecular weight is 431 g/mol. The smallest absolute Gasteiger partial charge is 0.343 e. The number of nitrogens with two attached hydrogens (primary N) is 2. The van der Waals surface area contributed by atoms with Crippen LogP contribution in [0.3, 0.4) is 0 Å². The van der Waals surface area contributed by atoms with Gasteiger partial charge < -0.3 is 16.2 Å². The molecule has 0 radical (unpaired) electrons. The predicted octanol–water partition coefficient (Wildman–Crippen LogP) is 2.99. The number of benzene rings is 1. The van der Waals surface area contributed by atoms with E-state index in [-0.39, 0.29) is 23.9 Å².